The van der Waals surface area contributed by atoms with Crippen molar-refractivity contribution in [2.24, 2.45) is 0 Å². The smallest absolute Gasteiger partial charge is 0.314 e. The van der Waals surface area contributed by atoms with E-state index in [9.17, 15) is 25.0 Å². The van der Waals surface area contributed by atoms with Crippen LogP contribution in [0.2, 0.25) is 0 Å². The number of aliphatic hydroxyl groups excluding tert-OH is 3. The average Bonchev–Trinajstić information content (AvgIpc) is 2.99. The number of hydrogen-bond donors (Lipinski definition) is 5. The van der Waals surface area contributed by atoms with E-state index in [1.165, 1.54) is 17.2 Å². The third-order valence-corrected chi connectivity index (χ3v) is 8.46. The number of ether oxygens (including phenoxy) is 1. The van der Waals surface area contributed by atoms with Crippen molar-refractivity contribution in [2.45, 2.75) is 68.8 Å². The quantitative estimate of drug-likeness (QED) is 0.405. The standard InChI is InChI=1S/C16H23N4O7P/c1-7-15(24)28(7,25)27-16(2,3)4-8-10(21)11(22)14(26-8)20-6-19-9-12(20)17-5-18-13(9)23/h5-8,10-11,14-15,21-22,24-25H,4H2,1-3H3/p+1/t7?,8-,10?,11-,14?,15?,28?/m1/s1. The van der Waals surface area contributed by atoms with Crippen molar-refractivity contribution in [2.75, 3.05) is 0 Å². The first-order valence-electron chi connectivity index (χ1n) is 8.97. The first-order valence-corrected chi connectivity index (χ1v) is 10.8. The molecule has 2 fully saturated rings. The molecule has 11 nitrogen and oxygen atoms in total. The number of imidazole rings is 1. The molecule has 28 heavy (non-hydrogen) atoms. The van der Waals surface area contributed by atoms with E-state index in [2.05, 4.69) is 15.0 Å². The van der Waals surface area contributed by atoms with Crippen LogP contribution in [0.4, 0.5) is 0 Å². The molecule has 0 spiro atoms. The van der Waals surface area contributed by atoms with Gasteiger partial charge in [0.25, 0.3) is 11.4 Å². The van der Waals surface area contributed by atoms with E-state index in [0.29, 0.717) is 0 Å². The van der Waals surface area contributed by atoms with Crippen molar-refractivity contribution in [1.29, 1.82) is 0 Å². The summed E-state index contributed by atoms with van der Waals surface area (Å²) in [6, 6.07) is 0. The first-order chi connectivity index (χ1) is 13.0. The fourth-order valence-electron chi connectivity index (χ4n) is 3.66. The van der Waals surface area contributed by atoms with Gasteiger partial charge in [0.15, 0.2) is 23.1 Å². The van der Waals surface area contributed by atoms with Crippen LogP contribution in [0.5, 0.6) is 0 Å². The molecule has 0 radical (unpaired) electrons. The van der Waals surface area contributed by atoms with Crippen LogP contribution in [0.1, 0.15) is 33.4 Å². The van der Waals surface area contributed by atoms with Gasteiger partial charge in [-0.3, -0.25) is 9.36 Å². The van der Waals surface area contributed by atoms with E-state index in [0.717, 1.165) is 0 Å². The zero-order valence-electron chi connectivity index (χ0n) is 15.6. The molecule has 0 saturated carbocycles. The second-order valence-corrected chi connectivity index (χ2v) is 10.9. The number of aromatic amines is 1. The Labute approximate surface area is 160 Å². The maximum Gasteiger partial charge on any atom is 0.314 e. The maximum atomic E-state index is 11.8. The van der Waals surface area contributed by atoms with Crippen LogP contribution in [0.15, 0.2) is 17.4 Å². The summed E-state index contributed by atoms with van der Waals surface area (Å²) in [5, 5.41) is 30.7. The molecule has 4 rings (SSSR count). The fourth-order valence-corrected chi connectivity index (χ4v) is 6.01. The molecule has 0 amide bonds. The molecule has 2 aliphatic heterocycles. The molecule has 2 saturated heterocycles. The van der Waals surface area contributed by atoms with Gasteiger partial charge in [-0.2, -0.15) is 4.52 Å². The maximum absolute atomic E-state index is 11.8. The number of rotatable bonds is 5. The van der Waals surface area contributed by atoms with E-state index in [-0.39, 0.29) is 23.2 Å². The molecule has 2 aliphatic rings. The van der Waals surface area contributed by atoms with Crippen molar-refractivity contribution in [1.82, 2.24) is 19.5 Å². The first kappa shape index (κ1) is 19.8. The molecule has 0 aliphatic carbocycles. The van der Waals surface area contributed by atoms with Crippen molar-refractivity contribution < 1.29 is 29.5 Å². The highest BCUT2D eigenvalue weighted by Crippen LogP contribution is 2.82. The normalized spacial score (nSPS) is 38.2. The fraction of sp³-hybridized carbons (Fsp3) is 0.688. The van der Waals surface area contributed by atoms with Gasteiger partial charge >= 0.3 is 7.72 Å². The Morgan fingerprint density at radius 2 is 2.00 bits per heavy atom. The lowest BCUT2D eigenvalue weighted by Crippen LogP contribution is -2.37. The van der Waals surface area contributed by atoms with Gasteiger partial charge in [-0.25, -0.2) is 14.9 Å². The number of nitrogens with one attached hydrogen (secondary N) is 1. The van der Waals surface area contributed by atoms with Crippen LogP contribution >= 0.6 is 7.72 Å². The Morgan fingerprint density at radius 3 is 2.64 bits per heavy atom. The summed E-state index contributed by atoms with van der Waals surface area (Å²) in [5.41, 5.74) is -1.30. The summed E-state index contributed by atoms with van der Waals surface area (Å²) >= 11 is 0. The van der Waals surface area contributed by atoms with Crippen molar-refractivity contribution in [3.63, 3.8) is 0 Å². The number of nitrogens with zero attached hydrogens (tertiary/aromatic N) is 3. The van der Waals surface area contributed by atoms with Crippen molar-refractivity contribution >= 4 is 18.9 Å². The molecule has 7 atom stereocenters. The van der Waals surface area contributed by atoms with Crippen LogP contribution in [0.3, 0.4) is 0 Å². The second-order valence-electron chi connectivity index (χ2n) is 7.98. The van der Waals surface area contributed by atoms with Gasteiger partial charge in [0.1, 0.15) is 17.8 Å². The summed E-state index contributed by atoms with van der Waals surface area (Å²) in [7, 11) is -2.87. The monoisotopic (exact) mass is 415 g/mol. The largest absolute Gasteiger partial charge is 0.388 e. The van der Waals surface area contributed by atoms with Crippen LogP contribution in [-0.4, -0.2) is 75.1 Å². The van der Waals surface area contributed by atoms with Crippen LogP contribution < -0.4 is 5.56 Å². The lowest BCUT2D eigenvalue weighted by molar-refractivity contribution is -0.0591. The average molecular weight is 415 g/mol. The van der Waals surface area contributed by atoms with Crippen molar-refractivity contribution in [3.05, 3.63) is 23.0 Å². The van der Waals surface area contributed by atoms with Gasteiger partial charge in [-0.1, -0.05) is 0 Å². The third kappa shape index (κ3) is 3.07. The van der Waals surface area contributed by atoms with E-state index < -0.39 is 49.3 Å². The van der Waals surface area contributed by atoms with Crippen molar-refractivity contribution in [3.8, 4) is 0 Å². The van der Waals surface area contributed by atoms with Crippen LogP contribution in [0.25, 0.3) is 11.2 Å². The SMILES string of the molecule is CC1C(O)[P+]1(O)OC(C)(C)C[C@H]1OC(n2cnc3c(=O)[nH]cnc32)[C@H](O)C1O. The molecule has 12 heteroatoms. The Morgan fingerprint density at radius 1 is 1.32 bits per heavy atom. The van der Waals surface area contributed by atoms with Gasteiger partial charge in [0.05, 0.1) is 18.8 Å². The Hall–Kier alpha value is -1.46. The summed E-state index contributed by atoms with van der Waals surface area (Å²) < 4.78 is 13.0. The zero-order chi connectivity index (χ0) is 20.4. The number of aliphatic hydroxyl groups is 3. The number of hydrogen-bond acceptors (Lipinski definition) is 9. The highest BCUT2D eigenvalue weighted by Gasteiger charge is 2.77. The molecule has 4 heterocycles. The summed E-state index contributed by atoms with van der Waals surface area (Å²) in [6.45, 7) is 5.17. The highest BCUT2D eigenvalue weighted by atomic mass is 31.2. The molecule has 2 aromatic rings. The second kappa shape index (κ2) is 6.53. The molecule has 5 unspecified atom stereocenters. The minimum Gasteiger partial charge on any atom is -0.388 e. The van der Waals surface area contributed by atoms with Crippen LogP contribution in [-0.2, 0) is 9.26 Å². The summed E-state index contributed by atoms with van der Waals surface area (Å²) in [5.74, 6) is -0.860. The Bertz CT molecular complexity index is 938. The predicted octanol–water partition coefficient (Wildman–Crippen LogP) is -0.516. The highest BCUT2D eigenvalue weighted by molar-refractivity contribution is 7.74. The number of fused-ring (bicyclic) bond motifs is 1. The minimum atomic E-state index is -2.87. The molecular formula is C16H24N4O7P+. The summed E-state index contributed by atoms with van der Waals surface area (Å²) in [6.07, 6.45) is -1.56. The van der Waals surface area contributed by atoms with Crippen LogP contribution in [0, 0.1) is 0 Å². The predicted molar refractivity (Wildman–Crippen MR) is 98.5 cm³/mol. The van der Waals surface area contributed by atoms with Gasteiger partial charge in [0.2, 0.25) is 0 Å². The minimum absolute atomic E-state index is 0.101. The Balaban J connectivity index is 1.53. The molecule has 2 aromatic heterocycles. The lowest BCUT2D eigenvalue weighted by Gasteiger charge is -2.27. The van der Waals surface area contributed by atoms with Gasteiger partial charge < -0.3 is 25.0 Å². The Kier molecular flexibility index (Phi) is 4.63. The van der Waals surface area contributed by atoms with E-state index in [1.54, 1.807) is 20.8 Å². The van der Waals surface area contributed by atoms with E-state index in [4.69, 9.17) is 9.26 Å². The molecular weight excluding hydrogens is 391 g/mol. The van der Waals surface area contributed by atoms with E-state index >= 15 is 0 Å². The van der Waals surface area contributed by atoms with Gasteiger partial charge in [0, 0.05) is 6.42 Å². The van der Waals surface area contributed by atoms with Gasteiger partial charge in [-0.15, -0.1) is 0 Å². The number of H-pyrrole nitrogens is 1. The topological polar surface area (TPSA) is 163 Å². The summed E-state index contributed by atoms with van der Waals surface area (Å²) in [4.78, 5) is 32.7. The van der Waals surface area contributed by atoms with Gasteiger partial charge in [-0.05, 0) is 20.8 Å². The molecule has 5 N–H and O–H groups in total. The molecule has 154 valence electrons. The van der Waals surface area contributed by atoms with E-state index in [1.807, 2.05) is 0 Å². The molecule has 0 aromatic carbocycles. The molecule has 0 bridgehead atoms. The third-order valence-electron chi connectivity index (χ3n) is 5.37. The number of aromatic nitrogens is 4. The lowest BCUT2D eigenvalue weighted by atomic mass is 9.97. The zero-order valence-corrected chi connectivity index (χ0v) is 16.5.